The van der Waals surface area contributed by atoms with E-state index in [1.807, 2.05) is 0 Å². The van der Waals surface area contributed by atoms with Gasteiger partial charge in [0.25, 0.3) is 0 Å². The summed E-state index contributed by atoms with van der Waals surface area (Å²) < 4.78 is 37.8. The first-order valence-corrected chi connectivity index (χ1v) is 6.96. The maximum absolute atomic E-state index is 13.9. The Kier molecular flexibility index (Phi) is 5.71. The molecule has 1 aliphatic heterocycles. The molecular formula is C15H18F2N2O3. The Morgan fingerprint density at radius 3 is 2.55 bits per heavy atom. The molecule has 0 aromatic heterocycles. The highest BCUT2D eigenvalue weighted by atomic mass is 19.1. The van der Waals surface area contributed by atoms with E-state index < -0.39 is 24.3 Å². The fourth-order valence-corrected chi connectivity index (χ4v) is 2.03. The molecule has 1 aromatic carbocycles. The van der Waals surface area contributed by atoms with Crippen LogP contribution in [0.5, 0.6) is 5.75 Å². The van der Waals surface area contributed by atoms with Gasteiger partial charge in [-0.15, -0.1) is 0 Å². The van der Waals surface area contributed by atoms with Crippen molar-refractivity contribution < 1.29 is 23.0 Å². The van der Waals surface area contributed by atoms with Gasteiger partial charge in [0.1, 0.15) is 30.6 Å². The zero-order valence-corrected chi connectivity index (χ0v) is 12.1. The Hall–Kier alpha value is -2.15. The second-order valence-electron chi connectivity index (χ2n) is 4.76. The van der Waals surface area contributed by atoms with E-state index in [1.165, 1.54) is 11.0 Å². The van der Waals surface area contributed by atoms with Gasteiger partial charge in [-0.2, -0.15) is 0 Å². The van der Waals surface area contributed by atoms with Crippen LogP contribution in [-0.2, 0) is 11.3 Å². The molecule has 0 aliphatic carbocycles. The first-order valence-electron chi connectivity index (χ1n) is 6.96. The molecule has 22 heavy (non-hydrogen) atoms. The maximum atomic E-state index is 13.9. The second-order valence-corrected chi connectivity index (χ2v) is 4.76. The van der Waals surface area contributed by atoms with Gasteiger partial charge < -0.3 is 19.7 Å². The van der Waals surface area contributed by atoms with Crippen LogP contribution in [0.2, 0.25) is 0 Å². The molecule has 1 aromatic rings. The maximum Gasteiger partial charge on any atom is 0.410 e. The van der Waals surface area contributed by atoms with Gasteiger partial charge in [-0.3, -0.25) is 0 Å². The summed E-state index contributed by atoms with van der Waals surface area (Å²) in [6.45, 7) is 5.52. The molecule has 0 bridgehead atoms. The SMILES string of the molecule is C=CCOc1cc(F)c(COC(=O)N2CCNCC2)c(F)c1. The molecule has 1 aliphatic rings. The molecule has 1 saturated heterocycles. The van der Waals surface area contributed by atoms with E-state index >= 15 is 0 Å². The summed E-state index contributed by atoms with van der Waals surface area (Å²) in [5, 5.41) is 3.09. The summed E-state index contributed by atoms with van der Waals surface area (Å²) in [6, 6.07) is 2.11. The molecule has 1 amide bonds. The number of benzene rings is 1. The van der Waals surface area contributed by atoms with Crippen LogP contribution >= 0.6 is 0 Å². The molecule has 0 radical (unpaired) electrons. The number of nitrogens with zero attached hydrogens (tertiary/aromatic N) is 1. The number of carbonyl (C=O) groups excluding carboxylic acids is 1. The van der Waals surface area contributed by atoms with Crippen LogP contribution in [0.25, 0.3) is 0 Å². The molecule has 1 N–H and O–H groups in total. The zero-order chi connectivity index (χ0) is 15.9. The van der Waals surface area contributed by atoms with Crippen molar-refractivity contribution in [2.45, 2.75) is 6.61 Å². The molecule has 0 saturated carbocycles. The molecule has 120 valence electrons. The molecule has 1 heterocycles. The largest absolute Gasteiger partial charge is 0.489 e. The monoisotopic (exact) mass is 312 g/mol. The van der Waals surface area contributed by atoms with E-state index in [1.54, 1.807) is 0 Å². The van der Waals surface area contributed by atoms with Crippen LogP contribution in [0.4, 0.5) is 13.6 Å². The Bertz CT molecular complexity index is 523. The van der Waals surface area contributed by atoms with E-state index in [2.05, 4.69) is 11.9 Å². The fraction of sp³-hybridized carbons (Fsp3) is 0.400. The molecular weight excluding hydrogens is 294 g/mol. The second kappa shape index (κ2) is 7.74. The lowest BCUT2D eigenvalue weighted by Gasteiger charge is -2.26. The van der Waals surface area contributed by atoms with Crippen LogP contribution < -0.4 is 10.1 Å². The quantitative estimate of drug-likeness (QED) is 0.846. The molecule has 0 spiro atoms. The number of carbonyl (C=O) groups is 1. The number of hydrogen-bond donors (Lipinski definition) is 1. The van der Waals surface area contributed by atoms with Gasteiger partial charge in [-0.05, 0) is 0 Å². The number of rotatable bonds is 5. The lowest BCUT2D eigenvalue weighted by molar-refractivity contribution is 0.0900. The minimum absolute atomic E-state index is 0.0621. The number of hydrogen-bond acceptors (Lipinski definition) is 4. The molecule has 5 nitrogen and oxygen atoms in total. The molecule has 0 unspecified atom stereocenters. The smallest absolute Gasteiger partial charge is 0.410 e. The van der Waals surface area contributed by atoms with Crippen molar-refractivity contribution in [1.29, 1.82) is 0 Å². The van der Waals surface area contributed by atoms with Crippen molar-refractivity contribution >= 4 is 6.09 Å². The summed E-state index contributed by atoms with van der Waals surface area (Å²) in [5.74, 6) is -1.56. The van der Waals surface area contributed by atoms with Gasteiger partial charge in [0.2, 0.25) is 0 Å². The Morgan fingerprint density at radius 1 is 1.32 bits per heavy atom. The Morgan fingerprint density at radius 2 is 1.95 bits per heavy atom. The molecule has 7 heteroatoms. The van der Waals surface area contributed by atoms with Gasteiger partial charge in [0.05, 0.1) is 5.56 Å². The summed E-state index contributed by atoms with van der Waals surface area (Å²) in [5.41, 5.74) is -0.297. The predicted molar refractivity (Wildman–Crippen MR) is 76.7 cm³/mol. The lowest BCUT2D eigenvalue weighted by atomic mass is 10.2. The third-order valence-electron chi connectivity index (χ3n) is 3.20. The van der Waals surface area contributed by atoms with E-state index in [0.29, 0.717) is 26.2 Å². The summed E-state index contributed by atoms with van der Waals surface area (Å²) in [6.07, 6.45) is 0.895. The third-order valence-corrected chi connectivity index (χ3v) is 3.20. The van der Waals surface area contributed by atoms with Gasteiger partial charge in [0.15, 0.2) is 0 Å². The number of amides is 1. The van der Waals surface area contributed by atoms with E-state index in [4.69, 9.17) is 9.47 Å². The first kappa shape index (κ1) is 16.2. The van der Waals surface area contributed by atoms with Crippen LogP contribution in [0, 0.1) is 11.6 Å². The summed E-state index contributed by atoms with van der Waals surface area (Å²) in [7, 11) is 0. The van der Waals surface area contributed by atoms with Crippen LogP contribution in [0.3, 0.4) is 0 Å². The van der Waals surface area contributed by atoms with Gasteiger partial charge in [-0.1, -0.05) is 12.7 Å². The summed E-state index contributed by atoms with van der Waals surface area (Å²) >= 11 is 0. The average molecular weight is 312 g/mol. The zero-order valence-electron chi connectivity index (χ0n) is 12.1. The minimum atomic E-state index is -0.813. The Labute approximate surface area is 127 Å². The van der Waals surface area contributed by atoms with E-state index in [0.717, 1.165) is 12.1 Å². The van der Waals surface area contributed by atoms with Crippen molar-refractivity contribution in [3.8, 4) is 5.75 Å². The topological polar surface area (TPSA) is 50.8 Å². The Balaban J connectivity index is 1.97. The number of nitrogens with one attached hydrogen (secondary N) is 1. The van der Waals surface area contributed by atoms with Crippen molar-refractivity contribution in [3.63, 3.8) is 0 Å². The van der Waals surface area contributed by atoms with E-state index in [-0.39, 0.29) is 17.9 Å². The molecule has 1 fully saturated rings. The van der Waals surface area contributed by atoms with Crippen LogP contribution in [0.1, 0.15) is 5.56 Å². The minimum Gasteiger partial charge on any atom is -0.489 e. The first-order chi connectivity index (χ1) is 10.6. The van der Waals surface area contributed by atoms with Crippen LogP contribution in [-0.4, -0.2) is 43.8 Å². The van der Waals surface area contributed by atoms with E-state index in [9.17, 15) is 13.6 Å². The van der Waals surface area contributed by atoms with Crippen molar-refractivity contribution in [1.82, 2.24) is 10.2 Å². The van der Waals surface area contributed by atoms with Gasteiger partial charge >= 0.3 is 6.09 Å². The molecule has 0 atom stereocenters. The highest BCUT2D eigenvalue weighted by molar-refractivity contribution is 5.67. The average Bonchev–Trinajstić information content (AvgIpc) is 2.52. The van der Waals surface area contributed by atoms with Crippen molar-refractivity contribution in [3.05, 3.63) is 42.0 Å². The number of halogens is 2. The normalized spacial score (nSPS) is 14.5. The standard InChI is InChI=1S/C15H18F2N2O3/c1-2-7-21-11-8-13(16)12(14(17)9-11)10-22-15(20)19-5-3-18-4-6-19/h2,8-9,18H,1,3-7,10H2. The highest BCUT2D eigenvalue weighted by Crippen LogP contribution is 2.21. The highest BCUT2D eigenvalue weighted by Gasteiger charge is 2.19. The molecule has 2 rings (SSSR count). The van der Waals surface area contributed by atoms with Crippen molar-refractivity contribution in [2.75, 3.05) is 32.8 Å². The predicted octanol–water partition coefficient (Wildman–Crippen LogP) is 2.07. The summed E-state index contributed by atoms with van der Waals surface area (Å²) in [4.78, 5) is 13.3. The van der Waals surface area contributed by atoms with Crippen LogP contribution in [0.15, 0.2) is 24.8 Å². The van der Waals surface area contributed by atoms with Gasteiger partial charge in [0, 0.05) is 38.3 Å². The number of ether oxygens (including phenoxy) is 2. The fourth-order valence-electron chi connectivity index (χ4n) is 2.03. The lowest BCUT2D eigenvalue weighted by Crippen LogP contribution is -2.46. The third kappa shape index (κ3) is 4.17. The van der Waals surface area contributed by atoms with Crippen molar-refractivity contribution in [2.24, 2.45) is 0 Å². The number of piperazine rings is 1. The van der Waals surface area contributed by atoms with Gasteiger partial charge in [-0.25, -0.2) is 13.6 Å².